The molecule has 1 aliphatic rings. The molecule has 4 rings (SSSR count). The normalized spacial score (nSPS) is 16.6. The van der Waals surface area contributed by atoms with Crippen LogP contribution in [0.4, 0.5) is 5.69 Å². The third-order valence-corrected chi connectivity index (χ3v) is 5.26. The summed E-state index contributed by atoms with van der Waals surface area (Å²) in [6.07, 6.45) is 2.87. The Kier molecular flexibility index (Phi) is 5.03. The van der Waals surface area contributed by atoms with E-state index in [4.69, 9.17) is 5.73 Å². The van der Waals surface area contributed by atoms with Crippen molar-refractivity contribution in [2.45, 2.75) is 13.0 Å². The van der Waals surface area contributed by atoms with Crippen LogP contribution >= 0.6 is 0 Å². The van der Waals surface area contributed by atoms with Crippen molar-refractivity contribution in [3.05, 3.63) is 82.8 Å². The van der Waals surface area contributed by atoms with Crippen LogP contribution in [0.1, 0.15) is 12.0 Å². The molecule has 1 atom stereocenters. The molecule has 2 N–H and O–H groups in total. The number of nitrogens with two attached hydrogens (primary N) is 1. The Hall–Kier alpha value is -2.92. The zero-order chi connectivity index (χ0) is 18.6. The van der Waals surface area contributed by atoms with Gasteiger partial charge in [-0.15, -0.1) is 0 Å². The zero-order valence-electron chi connectivity index (χ0n) is 15.3. The lowest BCUT2D eigenvalue weighted by Crippen LogP contribution is -2.28. The smallest absolute Gasteiger partial charge is 0.269 e. The van der Waals surface area contributed by atoms with Gasteiger partial charge in [0.05, 0.1) is 18.4 Å². The Labute approximate surface area is 159 Å². The van der Waals surface area contributed by atoms with Crippen LogP contribution in [-0.4, -0.2) is 29.4 Å². The van der Waals surface area contributed by atoms with Gasteiger partial charge in [-0.2, -0.15) is 5.10 Å². The lowest BCUT2D eigenvalue weighted by atomic mass is 10.00. The summed E-state index contributed by atoms with van der Waals surface area (Å²) >= 11 is 0. The van der Waals surface area contributed by atoms with Gasteiger partial charge in [-0.3, -0.25) is 4.79 Å². The number of anilines is 1. The minimum atomic E-state index is -0.0773. The zero-order valence-corrected chi connectivity index (χ0v) is 15.3. The second kappa shape index (κ2) is 7.76. The molecule has 1 unspecified atom stereocenters. The number of hydrogen-bond donors (Lipinski definition) is 1. The van der Waals surface area contributed by atoms with Gasteiger partial charge in [-0.25, -0.2) is 4.68 Å². The van der Waals surface area contributed by atoms with E-state index in [1.165, 1.54) is 4.68 Å². The molecule has 0 aliphatic carbocycles. The van der Waals surface area contributed by atoms with Crippen LogP contribution in [-0.2, 0) is 6.54 Å². The highest BCUT2D eigenvalue weighted by Crippen LogP contribution is 2.24. The molecule has 1 saturated heterocycles. The van der Waals surface area contributed by atoms with E-state index in [1.807, 2.05) is 30.3 Å². The molecule has 138 valence electrons. The Morgan fingerprint density at radius 2 is 1.85 bits per heavy atom. The van der Waals surface area contributed by atoms with Crippen molar-refractivity contribution in [3.8, 4) is 11.1 Å². The summed E-state index contributed by atoms with van der Waals surface area (Å²) in [5.41, 5.74) is 9.93. The van der Waals surface area contributed by atoms with E-state index < -0.39 is 0 Å². The third-order valence-electron chi connectivity index (χ3n) is 5.26. The molecular weight excluding hydrogens is 336 g/mol. The summed E-state index contributed by atoms with van der Waals surface area (Å²) in [6.45, 7) is 2.98. The molecule has 1 aliphatic heterocycles. The van der Waals surface area contributed by atoms with Crippen molar-refractivity contribution >= 4 is 5.69 Å². The molecular formula is C22H24N4O. The fourth-order valence-corrected chi connectivity index (χ4v) is 3.69. The first-order valence-corrected chi connectivity index (χ1v) is 9.40. The number of nitrogens with zero attached hydrogens (tertiary/aromatic N) is 3. The first-order valence-electron chi connectivity index (χ1n) is 9.40. The number of benzene rings is 2. The van der Waals surface area contributed by atoms with Gasteiger partial charge < -0.3 is 10.6 Å². The second-order valence-corrected chi connectivity index (χ2v) is 7.07. The van der Waals surface area contributed by atoms with Crippen LogP contribution in [0.5, 0.6) is 0 Å². The summed E-state index contributed by atoms with van der Waals surface area (Å²) in [5, 5.41) is 4.43. The van der Waals surface area contributed by atoms with Crippen molar-refractivity contribution in [3.63, 3.8) is 0 Å². The SMILES string of the molecule is NCC1CCN(c2cnn(Cc3ccccc3-c3ccccc3)c(=O)c2)C1. The number of hydrogen-bond acceptors (Lipinski definition) is 4. The van der Waals surface area contributed by atoms with Crippen molar-refractivity contribution in [1.29, 1.82) is 0 Å². The Morgan fingerprint density at radius 1 is 1.07 bits per heavy atom. The molecule has 5 nitrogen and oxygen atoms in total. The molecule has 0 radical (unpaired) electrons. The van der Waals surface area contributed by atoms with E-state index in [9.17, 15) is 4.79 Å². The van der Waals surface area contributed by atoms with Gasteiger partial charge in [0.15, 0.2) is 0 Å². The predicted molar refractivity (Wildman–Crippen MR) is 109 cm³/mol. The molecule has 0 amide bonds. The van der Waals surface area contributed by atoms with Gasteiger partial charge in [-0.1, -0.05) is 54.6 Å². The van der Waals surface area contributed by atoms with Gasteiger partial charge in [0, 0.05) is 19.2 Å². The summed E-state index contributed by atoms with van der Waals surface area (Å²) in [6, 6.07) is 20.1. The fourth-order valence-electron chi connectivity index (χ4n) is 3.69. The Morgan fingerprint density at radius 3 is 2.59 bits per heavy atom. The largest absolute Gasteiger partial charge is 0.370 e. The lowest BCUT2D eigenvalue weighted by Gasteiger charge is -2.18. The van der Waals surface area contributed by atoms with Gasteiger partial charge in [0.1, 0.15) is 0 Å². The van der Waals surface area contributed by atoms with Gasteiger partial charge in [-0.05, 0) is 35.6 Å². The Balaban J connectivity index is 1.59. The van der Waals surface area contributed by atoms with Crippen molar-refractivity contribution in [1.82, 2.24) is 9.78 Å². The molecule has 1 aromatic heterocycles. The highest BCUT2D eigenvalue weighted by Gasteiger charge is 2.22. The maximum absolute atomic E-state index is 12.6. The molecule has 0 spiro atoms. The second-order valence-electron chi connectivity index (χ2n) is 7.07. The van der Waals surface area contributed by atoms with Gasteiger partial charge in [0.25, 0.3) is 5.56 Å². The summed E-state index contributed by atoms with van der Waals surface area (Å²) in [4.78, 5) is 14.9. The topological polar surface area (TPSA) is 64.2 Å². The number of aromatic nitrogens is 2. The molecule has 2 heterocycles. The Bertz CT molecular complexity index is 967. The maximum Gasteiger partial charge on any atom is 0.269 e. The highest BCUT2D eigenvalue weighted by molar-refractivity contribution is 5.67. The van der Waals surface area contributed by atoms with Crippen LogP contribution < -0.4 is 16.2 Å². The summed E-state index contributed by atoms with van der Waals surface area (Å²) < 4.78 is 1.53. The van der Waals surface area contributed by atoms with Crippen molar-refractivity contribution < 1.29 is 0 Å². The standard InChI is InChI=1S/C22H24N4O/c23-13-17-10-11-25(15-17)20-12-22(27)26(24-14-20)16-19-8-4-5-9-21(19)18-6-2-1-3-7-18/h1-9,12,14,17H,10-11,13,15-16,23H2. The molecule has 1 fully saturated rings. The van der Waals surface area contributed by atoms with Crippen LogP contribution in [0, 0.1) is 5.92 Å². The van der Waals surface area contributed by atoms with Gasteiger partial charge >= 0.3 is 0 Å². The molecule has 27 heavy (non-hydrogen) atoms. The van der Waals surface area contributed by atoms with Crippen molar-refractivity contribution in [2.75, 3.05) is 24.5 Å². The molecule has 5 heteroatoms. The van der Waals surface area contributed by atoms with Crippen LogP contribution in [0.25, 0.3) is 11.1 Å². The van der Waals surface area contributed by atoms with Crippen molar-refractivity contribution in [2.24, 2.45) is 11.7 Å². The minimum Gasteiger partial charge on any atom is -0.370 e. The summed E-state index contributed by atoms with van der Waals surface area (Å²) in [5.74, 6) is 0.505. The first-order chi connectivity index (χ1) is 13.2. The first kappa shape index (κ1) is 17.5. The average molecular weight is 360 g/mol. The molecule has 0 saturated carbocycles. The quantitative estimate of drug-likeness (QED) is 0.760. The maximum atomic E-state index is 12.6. The summed E-state index contributed by atoms with van der Waals surface area (Å²) in [7, 11) is 0. The van der Waals surface area contributed by atoms with Crippen LogP contribution in [0.15, 0.2) is 71.7 Å². The van der Waals surface area contributed by atoms with Crippen LogP contribution in [0.2, 0.25) is 0 Å². The molecule has 3 aromatic rings. The van der Waals surface area contributed by atoms with E-state index in [0.29, 0.717) is 19.0 Å². The van der Waals surface area contributed by atoms with E-state index in [-0.39, 0.29) is 5.56 Å². The fraction of sp³-hybridized carbons (Fsp3) is 0.273. The molecule has 2 aromatic carbocycles. The van der Waals surface area contributed by atoms with E-state index in [1.54, 1.807) is 12.3 Å². The van der Waals surface area contributed by atoms with E-state index in [0.717, 1.165) is 41.9 Å². The van der Waals surface area contributed by atoms with E-state index >= 15 is 0 Å². The third kappa shape index (κ3) is 3.78. The molecule has 0 bridgehead atoms. The van der Waals surface area contributed by atoms with Crippen LogP contribution in [0.3, 0.4) is 0 Å². The minimum absolute atomic E-state index is 0.0773. The predicted octanol–water partition coefficient (Wildman–Crippen LogP) is 2.74. The van der Waals surface area contributed by atoms with Gasteiger partial charge in [0.2, 0.25) is 0 Å². The highest BCUT2D eigenvalue weighted by atomic mass is 16.1. The lowest BCUT2D eigenvalue weighted by molar-refractivity contribution is 0.601. The monoisotopic (exact) mass is 360 g/mol. The number of rotatable bonds is 5. The van der Waals surface area contributed by atoms with E-state index in [2.05, 4.69) is 34.3 Å². The average Bonchev–Trinajstić information content (AvgIpc) is 3.20.